The molecule has 0 aliphatic heterocycles. The molecule has 0 spiro atoms. The number of aromatic nitrogens is 1. The van der Waals surface area contributed by atoms with Gasteiger partial charge in [0, 0.05) is 5.38 Å². The number of nitrogen functional groups attached to an aromatic ring is 1. The minimum Gasteiger partial charge on any atom is -0.320 e. The second-order valence-corrected chi connectivity index (χ2v) is 4.32. The van der Waals surface area contributed by atoms with E-state index in [1.807, 2.05) is 10.8 Å². The lowest BCUT2D eigenvalue weighted by atomic mass is 10.3. The number of nitrogens with one attached hydrogen (secondary N) is 2. The number of hydrogen-bond acceptors (Lipinski definition) is 5. The molecule has 5 nitrogen and oxygen atoms in total. The quantitative estimate of drug-likeness (QED) is 0.590. The van der Waals surface area contributed by atoms with Crippen LogP contribution in [0.4, 0.5) is 11.5 Å². The highest BCUT2D eigenvalue weighted by Crippen LogP contribution is 2.19. The van der Waals surface area contributed by atoms with Crippen molar-refractivity contribution in [1.82, 2.24) is 4.98 Å². The average molecular weight is 269 g/mol. The Morgan fingerprint density at radius 1 is 1.41 bits per heavy atom. The number of nitrogens with two attached hydrogens (primary N) is 1. The highest BCUT2D eigenvalue weighted by atomic mass is 35.5. The maximum Gasteiger partial charge on any atom is 0.275 e. The number of halogens is 1. The Morgan fingerprint density at radius 2 is 2.24 bits per heavy atom. The van der Waals surface area contributed by atoms with Crippen LogP contribution in [0.2, 0.25) is 5.02 Å². The van der Waals surface area contributed by atoms with Gasteiger partial charge in [0.05, 0.1) is 10.7 Å². The Kier molecular flexibility index (Phi) is 3.58. The maximum absolute atomic E-state index is 11.9. The summed E-state index contributed by atoms with van der Waals surface area (Å²) in [4.78, 5) is 15.9. The molecule has 0 bridgehead atoms. The summed E-state index contributed by atoms with van der Waals surface area (Å²) in [5.41, 5.74) is 3.21. The van der Waals surface area contributed by atoms with Crippen LogP contribution in [-0.4, -0.2) is 10.9 Å². The van der Waals surface area contributed by atoms with Crippen LogP contribution in [0.25, 0.3) is 0 Å². The fourth-order valence-corrected chi connectivity index (χ4v) is 1.99. The van der Waals surface area contributed by atoms with Gasteiger partial charge < -0.3 is 10.7 Å². The largest absolute Gasteiger partial charge is 0.320 e. The molecule has 2 aromatic rings. The van der Waals surface area contributed by atoms with Crippen molar-refractivity contribution < 1.29 is 4.79 Å². The first-order chi connectivity index (χ1) is 8.20. The Labute approximate surface area is 107 Å². The van der Waals surface area contributed by atoms with E-state index in [4.69, 9.17) is 17.4 Å². The molecule has 0 fully saturated rings. The van der Waals surface area contributed by atoms with Gasteiger partial charge in [-0.2, -0.15) is 11.3 Å². The molecule has 7 heteroatoms. The number of carbonyl (C=O) groups is 1. The standard InChI is InChI=1S/C10H9ClN4OS/c11-7-1-2-8(15-12)14-9(7)10(16)13-6-3-4-17-5-6/h1-5H,12H2,(H,13,16)(H,14,15). The molecule has 2 rings (SSSR count). The third kappa shape index (κ3) is 2.73. The van der Waals surface area contributed by atoms with Crippen LogP contribution in [0, 0.1) is 0 Å². The first-order valence-electron chi connectivity index (χ1n) is 4.67. The molecule has 0 aromatic carbocycles. The van der Waals surface area contributed by atoms with Crippen molar-refractivity contribution in [2.75, 3.05) is 10.7 Å². The van der Waals surface area contributed by atoms with Gasteiger partial charge in [0.25, 0.3) is 5.91 Å². The van der Waals surface area contributed by atoms with Crippen molar-refractivity contribution in [2.45, 2.75) is 0 Å². The van der Waals surface area contributed by atoms with Crippen molar-refractivity contribution in [1.29, 1.82) is 0 Å². The summed E-state index contributed by atoms with van der Waals surface area (Å²) in [6.07, 6.45) is 0. The summed E-state index contributed by atoms with van der Waals surface area (Å²) in [5, 5.41) is 6.64. The molecule has 0 aliphatic rings. The number of amides is 1. The summed E-state index contributed by atoms with van der Waals surface area (Å²) in [6.45, 7) is 0. The summed E-state index contributed by atoms with van der Waals surface area (Å²) in [6, 6.07) is 4.94. The average Bonchev–Trinajstić information content (AvgIpc) is 2.82. The molecule has 2 aromatic heterocycles. The van der Waals surface area contributed by atoms with Crippen molar-refractivity contribution in [3.63, 3.8) is 0 Å². The number of thiophene rings is 1. The van der Waals surface area contributed by atoms with Gasteiger partial charge in [-0.3, -0.25) is 4.79 Å². The summed E-state index contributed by atoms with van der Waals surface area (Å²) in [5.74, 6) is 5.23. The van der Waals surface area contributed by atoms with E-state index in [9.17, 15) is 4.79 Å². The fourth-order valence-electron chi connectivity index (χ4n) is 1.21. The normalized spacial score (nSPS) is 10.0. The molecule has 0 saturated carbocycles. The Hall–Kier alpha value is -1.63. The second kappa shape index (κ2) is 5.13. The van der Waals surface area contributed by atoms with E-state index in [0.29, 0.717) is 11.5 Å². The maximum atomic E-state index is 11.9. The third-order valence-electron chi connectivity index (χ3n) is 1.99. The van der Waals surface area contributed by atoms with Gasteiger partial charge in [-0.05, 0) is 23.6 Å². The zero-order valence-corrected chi connectivity index (χ0v) is 10.2. The molecule has 0 aliphatic carbocycles. The molecular formula is C10H9ClN4OS. The van der Waals surface area contributed by atoms with Crippen LogP contribution in [-0.2, 0) is 0 Å². The number of hydrogen-bond donors (Lipinski definition) is 3. The van der Waals surface area contributed by atoms with Gasteiger partial charge in [-0.25, -0.2) is 10.8 Å². The minimum atomic E-state index is -0.370. The highest BCUT2D eigenvalue weighted by Gasteiger charge is 2.13. The summed E-state index contributed by atoms with van der Waals surface area (Å²) >= 11 is 7.39. The first-order valence-corrected chi connectivity index (χ1v) is 5.99. The Bertz CT molecular complexity index is 529. The van der Waals surface area contributed by atoms with Gasteiger partial charge in [0.2, 0.25) is 0 Å². The van der Waals surface area contributed by atoms with Crippen LogP contribution in [0.1, 0.15) is 10.5 Å². The van der Waals surface area contributed by atoms with Gasteiger partial charge in [-0.15, -0.1) is 0 Å². The predicted molar refractivity (Wildman–Crippen MR) is 69.3 cm³/mol. The van der Waals surface area contributed by atoms with Crippen LogP contribution < -0.4 is 16.6 Å². The van der Waals surface area contributed by atoms with Crippen molar-refractivity contribution in [3.05, 3.63) is 39.7 Å². The molecule has 4 N–H and O–H groups in total. The molecule has 2 heterocycles. The van der Waals surface area contributed by atoms with Crippen molar-refractivity contribution in [3.8, 4) is 0 Å². The number of rotatable bonds is 3. The Balaban J connectivity index is 2.24. The van der Waals surface area contributed by atoms with E-state index in [1.165, 1.54) is 11.3 Å². The molecule has 1 amide bonds. The minimum absolute atomic E-state index is 0.133. The van der Waals surface area contributed by atoms with Crippen LogP contribution in [0.15, 0.2) is 29.0 Å². The lowest BCUT2D eigenvalue weighted by Gasteiger charge is -2.06. The molecular weight excluding hydrogens is 260 g/mol. The van der Waals surface area contributed by atoms with E-state index in [1.54, 1.807) is 18.2 Å². The summed E-state index contributed by atoms with van der Waals surface area (Å²) < 4.78 is 0. The van der Waals surface area contributed by atoms with Crippen LogP contribution in [0.3, 0.4) is 0 Å². The Morgan fingerprint density at radius 3 is 2.88 bits per heavy atom. The first kappa shape index (κ1) is 11.8. The number of pyridine rings is 1. The molecule has 17 heavy (non-hydrogen) atoms. The van der Waals surface area contributed by atoms with Gasteiger partial charge in [-0.1, -0.05) is 11.6 Å². The summed E-state index contributed by atoms with van der Waals surface area (Å²) in [7, 11) is 0. The number of anilines is 2. The fraction of sp³-hybridized carbons (Fsp3) is 0. The van der Waals surface area contributed by atoms with E-state index in [2.05, 4.69) is 15.7 Å². The lowest BCUT2D eigenvalue weighted by Crippen LogP contribution is -2.16. The van der Waals surface area contributed by atoms with Gasteiger partial charge in [0.1, 0.15) is 11.5 Å². The van der Waals surface area contributed by atoms with E-state index >= 15 is 0 Å². The lowest BCUT2D eigenvalue weighted by molar-refractivity contribution is 0.102. The molecule has 0 atom stereocenters. The molecule has 88 valence electrons. The molecule has 0 unspecified atom stereocenters. The smallest absolute Gasteiger partial charge is 0.275 e. The number of nitrogens with zero attached hydrogens (tertiary/aromatic N) is 1. The second-order valence-electron chi connectivity index (χ2n) is 3.14. The van der Waals surface area contributed by atoms with Gasteiger partial charge in [0.15, 0.2) is 0 Å². The highest BCUT2D eigenvalue weighted by molar-refractivity contribution is 7.08. The van der Waals surface area contributed by atoms with Gasteiger partial charge >= 0.3 is 0 Å². The number of hydrazine groups is 1. The topological polar surface area (TPSA) is 80.0 Å². The van der Waals surface area contributed by atoms with E-state index in [0.717, 1.165) is 0 Å². The van der Waals surface area contributed by atoms with Crippen LogP contribution in [0.5, 0.6) is 0 Å². The zero-order valence-electron chi connectivity index (χ0n) is 8.61. The third-order valence-corrected chi connectivity index (χ3v) is 2.98. The van der Waals surface area contributed by atoms with E-state index < -0.39 is 0 Å². The molecule has 0 radical (unpaired) electrons. The number of carbonyl (C=O) groups excluding carboxylic acids is 1. The SMILES string of the molecule is NNc1ccc(Cl)c(C(=O)Nc2ccsc2)n1. The van der Waals surface area contributed by atoms with Crippen molar-refractivity contribution in [2.24, 2.45) is 5.84 Å². The molecule has 0 saturated heterocycles. The zero-order chi connectivity index (χ0) is 12.3. The van der Waals surface area contributed by atoms with E-state index in [-0.39, 0.29) is 16.6 Å². The van der Waals surface area contributed by atoms with Crippen LogP contribution >= 0.6 is 22.9 Å². The van der Waals surface area contributed by atoms with Crippen molar-refractivity contribution >= 4 is 40.4 Å². The predicted octanol–water partition coefficient (Wildman–Crippen LogP) is 2.33. The monoisotopic (exact) mass is 268 g/mol.